The molecule has 1 aromatic carbocycles. The molecule has 8 nitrogen and oxygen atoms in total. The van der Waals surface area contributed by atoms with Crippen molar-refractivity contribution >= 4 is 17.9 Å². The molecule has 0 aliphatic rings. The molecule has 0 aliphatic heterocycles. The van der Waals surface area contributed by atoms with Crippen LogP contribution in [0.25, 0.3) is 0 Å². The topological polar surface area (TPSA) is 108 Å². The minimum absolute atomic E-state index is 0.0686. The van der Waals surface area contributed by atoms with E-state index in [-0.39, 0.29) is 30.3 Å². The maximum absolute atomic E-state index is 13.4. The van der Waals surface area contributed by atoms with Gasteiger partial charge in [0.1, 0.15) is 23.9 Å². The Kier molecular flexibility index (Phi) is 10.7. The quantitative estimate of drug-likeness (QED) is 0.483. The lowest BCUT2D eigenvalue weighted by molar-refractivity contribution is -0.143. The smallest absolute Gasteiger partial charge is 0.408 e. The Balaban J connectivity index is 3.29. The summed E-state index contributed by atoms with van der Waals surface area (Å²) in [5.74, 6) is -0.216. The van der Waals surface area contributed by atoms with Gasteiger partial charge in [0.2, 0.25) is 11.8 Å². The van der Waals surface area contributed by atoms with Gasteiger partial charge in [0.15, 0.2) is 0 Å². The second-order valence-corrected chi connectivity index (χ2v) is 10.1. The third-order valence-electron chi connectivity index (χ3n) is 4.87. The van der Waals surface area contributed by atoms with Gasteiger partial charge in [-0.05, 0) is 78.0 Å². The van der Waals surface area contributed by atoms with Crippen molar-refractivity contribution in [2.45, 2.75) is 92.0 Å². The van der Waals surface area contributed by atoms with Crippen molar-refractivity contribution in [3.63, 3.8) is 0 Å². The molecule has 1 rings (SSSR count). The van der Waals surface area contributed by atoms with Crippen molar-refractivity contribution in [3.05, 3.63) is 29.8 Å². The summed E-state index contributed by atoms with van der Waals surface area (Å²) < 4.78 is 5.24. The number of hydrogen-bond donors (Lipinski definition) is 3. The Morgan fingerprint density at radius 1 is 1.00 bits per heavy atom. The molecule has 0 aliphatic carbocycles. The maximum Gasteiger partial charge on any atom is 0.408 e. The van der Waals surface area contributed by atoms with E-state index in [4.69, 9.17) is 4.74 Å². The van der Waals surface area contributed by atoms with Crippen LogP contribution >= 0.6 is 0 Å². The molecule has 0 saturated carbocycles. The van der Waals surface area contributed by atoms with Gasteiger partial charge in [0.05, 0.1) is 0 Å². The summed E-state index contributed by atoms with van der Waals surface area (Å²) in [6.07, 6.45) is 0.872. The Morgan fingerprint density at radius 3 is 2.06 bits per heavy atom. The average Bonchev–Trinajstić information content (AvgIpc) is 2.67. The largest absolute Gasteiger partial charge is 0.508 e. The first-order valence-corrected chi connectivity index (χ1v) is 11.6. The molecule has 2 atom stereocenters. The van der Waals surface area contributed by atoms with E-state index in [0.717, 1.165) is 6.42 Å². The Hall–Kier alpha value is -2.77. The first-order chi connectivity index (χ1) is 15.2. The Bertz CT molecular complexity index is 784. The number of nitrogens with one attached hydrogen (secondary N) is 2. The molecule has 0 radical (unpaired) electrons. The molecule has 0 fully saturated rings. The third-order valence-corrected chi connectivity index (χ3v) is 4.87. The second kappa shape index (κ2) is 12.5. The minimum Gasteiger partial charge on any atom is -0.508 e. The van der Waals surface area contributed by atoms with Crippen LogP contribution in [0.5, 0.6) is 5.75 Å². The van der Waals surface area contributed by atoms with Gasteiger partial charge in [0.25, 0.3) is 0 Å². The fraction of sp³-hybridized carbons (Fsp3) is 0.640. The molecule has 2 unspecified atom stereocenters. The van der Waals surface area contributed by atoms with Crippen LogP contribution in [0, 0.1) is 5.92 Å². The number of nitrogens with zero attached hydrogens (tertiary/aromatic N) is 1. The number of benzene rings is 1. The minimum atomic E-state index is -0.914. The van der Waals surface area contributed by atoms with E-state index in [1.54, 1.807) is 32.9 Å². The van der Waals surface area contributed by atoms with Crippen LogP contribution in [0.2, 0.25) is 0 Å². The molecular formula is C25H41N3O5. The van der Waals surface area contributed by atoms with Gasteiger partial charge in [-0.2, -0.15) is 0 Å². The van der Waals surface area contributed by atoms with Crippen molar-refractivity contribution in [2.75, 3.05) is 6.54 Å². The van der Waals surface area contributed by atoms with Gasteiger partial charge in [-0.15, -0.1) is 0 Å². The molecule has 0 bridgehead atoms. The van der Waals surface area contributed by atoms with E-state index in [9.17, 15) is 19.5 Å². The molecule has 33 heavy (non-hydrogen) atoms. The van der Waals surface area contributed by atoms with Crippen LogP contribution in [-0.2, 0) is 14.3 Å². The molecule has 0 aromatic heterocycles. The number of phenols is 1. The average molecular weight is 464 g/mol. The van der Waals surface area contributed by atoms with E-state index in [1.165, 1.54) is 17.0 Å². The lowest BCUT2D eigenvalue weighted by Gasteiger charge is -2.37. The number of hydrogen-bond acceptors (Lipinski definition) is 5. The maximum atomic E-state index is 13.4. The van der Waals surface area contributed by atoms with Crippen molar-refractivity contribution in [3.8, 4) is 5.75 Å². The summed E-state index contributed by atoms with van der Waals surface area (Å²) in [6.45, 7) is 14.7. The molecule has 0 heterocycles. The van der Waals surface area contributed by atoms with Crippen LogP contribution in [-0.4, -0.2) is 52.1 Å². The molecule has 1 aromatic rings. The van der Waals surface area contributed by atoms with Crippen LogP contribution in [0.3, 0.4) is 0 Å². The molecular weight excluding hydrogens is 422 g/mol. The third kappa shape index (κ3) is 10.1. The van der Waals surface area contributed by atoms with Gasteiger partial charge in [-0.3, -0.25) is 9.59 Å². The predicted octanol–water partition coefficient (Wildman–Crippen LogP) is 4.14. The number of rotatable bonds is 10. The van der Waals surface area contributed by atoms with Crippen molar-refractivity contribution in [1.29, 1.82) is 0 Å². The number of ether oxygens (including phenoxy) is 1. The highest BCUT2D eigenvalue weighted by Crippen LogP contribution is 2.28. The number of alkyl carbamates (subject to hydrolysis) is 1. The molecule has 3 amide bonds. The summed E-state index contributed by atoms with van der Waals surface area (Å²) >= 11 is 0. The summed E-state index contributed by atoms with van der Waals surface area (Å²) in [7, 11) is 0. The summed E-state index contributed by atoms with van der Waals surface area (Å²) in [4.78, 5) is 40.3. The summed E-state index contributed by atoms with van der Waals surface area (Å²) in [6, 6.07) is 4.95. The van der Waals surface area contributed by atoms with Crippen LogP contribution in [0.1, 0.15) is 79.8 Å². The standard InChI is InChI=1S/C25H41N3O5/c1-16(2)9-10-18(5)28(21(30)15-26-24(32)33-25(6,7)8)22(23(31)27-17(3)4)19-11-13-20(29)14-12-19/h11-14,16-18,22,29H,9-10,15H2,1-8H3,(H,26,32)(H,27,31). The molecule has 0 saturated heterocycles. The van der Waals surface area contributed by atoms with Crippen LogP contribution < -0.4 is 10.6 Å². The first kappa shape index (κ1) is 28.3. The zero-order valence-corrected chi connectivity index (χ0v) is 21.3. The molecule has 3 N–H and O–H groups in total. The van der Waals surface area contributed by atoms with E-state index >= 15 is 0 Å². The van der Waals surface area contributed by atoms with Crippen molar-refractivity contribution in [2.24, 2.45) is 5.92 Å². The Morgan fingerprint density at radius 2 is 1.58 bits per heavy atom. The highest BCUT2D eigenvalue weighted by Gasteiger charge is 2.35. The normalized spacial score (nSPS) is 13.4. The lowest BCUT2D eigenvalue weighted by atomic mass is 9.98. The SMILES string of the molecule is CC(C)CCC(C)N(C(=O)CNC(=O)OC(C)(C)C)C(C(=O)NC(C)C)c1ccc(O)cc1. The molecule has 186 valence electrons. The number of carbonyl (C=O) groups is 3. The summed E-state index contributed by atoms with van der Waals surface area (Å²) in [5.41, 5.74) is -0.115. The van der Waals surface area contributed by atoms with E-state index in [1.807, 2.05) is 20.8 Å². The van der Waals surface area contributed by atoms with Gasteiger partial charge >= 0.3 is 6.09 Å². The predicted molar refractivity (Wildman–Crippen MR) is 129 cm³/mol. The van der Waals surface area contributed by atoms with E-state index in [0.29, 0.717) is 17.9 Å². The molecule has 0 spiro atoms. The van der Waals surface area contributed by atoms with Gasteiger partial charge < -0.3 is 25.4 Å². The molecule has 8 heteroatoms. The second-order valence-electron chi connectivity index (χ2n) is 10.1. The van der Waals surface area contributed by atoms with Crippen LogP contribution in [0.15, 0.2) is 24.3 Å². The van der Waals surface area contributed by atoms with Crippen molar-refractivity contribution < 1.29 is 24.2 Å². The van der Waals surface area contributed by atoms with E-state index in [2.05, 4.69) is 24.5 Å². The zero-order chi connectivity index (χ0) is 25.3. The highest BCUT2D eigenvalue weighted by molar-refractivity contribution is 5.90. The van der Waals surface area contributed by atoms with Gasteiger partial charge in [-0.1, -0.05) is 26.0 Å². The van der Waals surface area contributed by atoms with Crippen LogP contribution in [0.4, 0.5) is 4.79 Å². The number of amides is 3. The monoisotopic (exact) mass is 463 g/mol. The number of aromatic hydroxyl groups is 1. The first-order valence-electron chi connectivity index (χ1n) is 11.6. The lowest BCUT2D eigenvalue weighted by Crippen LogP contribution is -2.52. The van der Waals surface area contributed by atoms with Gasteiger partial charge in [0, 0.05) is 12.1 Å². The zero-order valence-electron chi connectivity index (χ0n) is 21.3. The van der Waals surface area contributed by atoms with E-state index < -0.39 is 23.6 Å². The summed E-state index contributed by atoms with van der Waals surface area (Å²) in [5, 5.41) is 15.1. The van der Waals surface area contributed by atoms with Crippen molar-refractivity contribution in [1.82, 2.24) is 15.5 Å². The fourth-order valence-electron chi connectivity index (χ4n) is 3.37. The number of phenolic OH excluding ortho intramolecular Hbond substituents is 1. The fourth-order valence-corrected chi connectivity index (χ4v) is 3.37. The Labute approximate surface area is 198 Å². The number of carbonyl (C=O) groups excluding carboxylic acids is 3. The highest BCUT2D eigenvalue weighted by atomic mass is 16.6. The van der Waals surface area contributed by atoms with Gasteiger partial charge in [-0.25, -0.2) is 4.79 Å².